The Bertz CT molecular complexity index is 1650. The van der Waals surface area contributed by atoms with Gasteiger partial charge in [-0.3, -0.25) is 19.3 Å². The number of hydrogen-bond acceptors (Lipinski definition) is 6. The minimum atomic E-state index is -1.02. The number of aryl methyl sites for hydroxylation is 1. The summed E-state index contributed by atoms with van der Waals surface area (Å²) in [5.41, 5.74) is 10.9. The summed E-state index contributed by atoms with van der Waals surface area (Å²) in [7, 11) is 1.49. The molecule has 1 aliphatic carbocycles. The zero-order valence-corrected chi connectivity index (χ0v) is 28.5. The maximum Gasteiger partial charge on any atom is 0.410 e. The summed E-state index contributed by atoms with van der Waals surface area (Å²) in [6.07, 6.45) is 2.61. The molecule has 0 aromatic heterocycles. The summed E-state index contributed by atoms with van der Waals surface area (Å²) >= 11 is 0. The molecule has 0 unspecified atom stereocenters. The summed E-state index contributed by atoms with van der Waals surface area (Å²) in [6, 6.07) is 20.2. The van der Waals surface area contributed by atoms with Crippen molar-refractivity contribution in [2.75, 3.05) is 12.8 Å². The standard InChI is InChI=1S/C38H47N5O5/c1-24(42(5)37(47)48-38(2,3)4)34(44)41-32(21-25-17-19-29(39)20-18-25)36(46)43-23-28-13-7-6-12-27(28)22-33(43)35(45)40-31-16-10-14-26-11-8-9-15-30(26)31/h6-9,11-13,15,17-20,24,31-33H,10,14,16,21-23,39H2,1-5H3,(H,40,45)(H,41,44)/t24-,31+,32-,33-/m0/s1. The topological polar surface area (TPSA) is 134 Å². The summed E-state index contributed by atoms with van der Waals surface area (Å²) in [6.45, 7) is 7.05. The molecule has 3 aromatic carbocycles. The molecular weight excluding hydrogens is 606 g/mol. The smallest absolute Gasteiger partial charge is 0.410 e. The van der Waals surface area contributed by atoms with Crippen molar-refractivity contribution >= 4 is 29.5 Å². The Hall–Kier alpha value is -4.86. The highest BCUT2D eigenvalue weighted by Crippen LogP contribution is 2.31. The molecule has 1 heterocycles. The van der Waals surface area contributed by atoms with Gasteiger partial charge in [-0.2, -0.15) is 0 Å². The van der Waals surface area contributed by atoms with Crippen LogP contribution in [0.5, 0.6) is 0 Å². The van der Waals surface area contributed by atoms with Gasteiger partial charge in [-0.1, -0.05) is 60.7 Å². The molecule has 4 amide bonds. The molecule has 48 heavy (non-hydrogen) atoms. The van der Waals surface area contributed by atoms with Gasteiger partial charge in [0.1, 0.15) is 23.7 Å². The summed E-state index contributed by atoms with van der Waals surface area (Å²) in [5.74, 6) is -1.13. The predicted molar refractivity (Wildman–Crippen MR) is 185 cm³/mol. The van der Waals surface area contributed by atoms with Crippen LogP contribution >= 0.6 is 0 Å². The Labute approximate surface area is 283 Å². The van der Waals surface area contributed by atoms with E-state index in [1.165, 1.54) is 17.5 Å². The third kappa shape index (κ3) is 8.16. The number of hydrogen-bond donors (Lipinski definition) is 3. The SMILES string of the molecule is C[C@@H](C(=O)N[C@@H](Cc1ccc(N)cc1)C(=O)N1Cc2ccccc2C[C@H]1C(=O)N[C@@H]1CCCc2ccccc21)N(C)C(=O)OC(C)(C)C. The normalized spacial score (nSPS) is 18.4. The average Bonchev–Trinajstić information content (AvgIpc) is 3.06. The van der Waals surface area contributed by atoms with Crippen molar-refractivity contribution in [3.63, 3.8) is 0 Å². The van der Waals surface area contributed by atoms with Gasteiger partial charge in [-0.05, 0) is 86.9 Å². The quantitative estimate of drug-likeness (QED) is 0.302. The van der Waals surface area contributed by atoms with E-state index in [2.05, 4.69) is 22.8 Å². The summed E-state index contributed by atoms with van der Waals surface area (Å²) < 4.78 is 5.46. The number of anilines is 1. The summed E-state index contributed by atoms with van der Waals surface area (Å²) in [5, 5.41) is 6.18. The van der Waals surface area contributed by atoms with Gasteiger partial charge in [-0.15, -0.1) is 0 Å². The lowest BCUT2D eigenvalue weighted by Gasteiger charge is -2.39. The molecule has 10 heteroatoms. The van der Waals surface area contributed by atoms with E-state index in [0.29, 0.717) is 12.1 Å². The number of carbonyl (C=O) groups is 4. The zero-order chi connectivity index (χ0) is 34.6. The molecule has 1 aliphatic heterocycles. The van der Waals surface area contributed by atoms with Crippen LogP contribution in [0, 0.1) is 0 Å². The number of nitrogen functional groups attached to an aromatic ring is 1. The lowest BCUT2D eigenvalue weighted by molar-refractivity contribution is -0.145. The molecule has 2 aliphatic rings. The summed E-state index contributed by atoms with van der Waals surface area (Å²) in [4.78, 5) is 58.0. The Morgan fingerprint density at radius 3 is 2.29 bits per heavy atom. The lowest BCUT2D eigenvalue weighted by Crippen LogP contribution is -2.60. The first-order valence-corrected chi connectivity index (χ1v) is 16.7. The second-order valence-electron chi connectivity index (χ2n) is 13.9. The van der Waals surface area contributed by atoms with E-state index in [-0.39, 0.29) is 30.8 Å². The van der Waals surface area contributed by atoms with Gasteiger partial charge < -0.3 is 26.0 Å². The highest BCUT2D eigenvalue weighted by atomic mass is 16.6. The molecule has 0 saturated carbocycles. The van der Waals surface area contributed by atoms with E-state index < -0.39 is 35.7 Å². The van der Waals surface area contributed by atoms with Crippen molar-refractivity contribution in [2.24, 2.45) is 0 Å². The third-order valence-electron chi connectivity index (χ3n) is 9.20. The first kappa shape index (κ1) is 34.5. The van der Waals surface area contributed by atoms with Gasteiger partial charge in [0.25, 0.3) is 0 Å². The van der Waals surface area contributed by atoms with Crippen molar-refractivity contribution in [3.8, 4) is 0 Å². The van der Waals surface area contributed by atoms with Crippen LogP contribution in [0.1, 0.15) is 74.4 Å². The number of rotatable bonds is 8. The Balaban J connectivity index is 1.42. The molecule has 0 fully saturated rings. The van der Waals surface area contributed by atoms with Crippen molar-refractivity contribution < 1.29 is 23.9 Å². The minimum absolute atomic E-state index is 0.147. The Morgan fingerprint density at radius 1 is 0.958 bits per heavy atom. The fourth-order valence-electron chi connectivity index (χ4n) is 6.41. The van der Waals surface area contributed by atoms with Crippen LogP contribution in [-0.2, 0) is 44.9 Å². The number of benzene rings is 3. The monoisotopic (exact) mass is 653 g/mol. The molecule has 4 N–H and O–H groups in total. The molecule has 4 atom stereocenters. The number of likely N-dealkylation sites (N-methyl/N-ethyl adjacent to an activating group) is 1. The number of nitrogens with one attached hydrogen (secondary N) is 2. The van der Waals surface area contributed by atoms with E-state index in [1.54, 1.807) is 44.7 Å². The Kier molecular flexibility index (Phi) is 10.4. The van der Waals surface area contributed by atoms with E-state index in [0.717, 1.165) is 41.5 Å². The molecule has 0 bridgehead atoms. The van der Waals surface area contributed by atoms with Crippen molar-refractivity contribution in [3.05, 3.63) is 101 Å². The van der Waals surface area contributed by atoms with Crippen molar-refractivity contribution in [1.29, 1.82) is 0 Å². The molecular formula is C38H47N5O5. The molecule has 0 saturated heterocycles. The zero-order valence-electron chi connectivity index (χ0n) is 28.5. The molecule has 3 aromatic rings. The maximum atomic E-state index is 14.6. The number of nitrogens with two attached hydrogens (primary N) is 1. The highest BCUT2D eigenvalue weighted by molar-refractivity contribution is 5.94. The third-order valence-corrected chi connectivity index (χ3v) is 9.20. The van der Waals surface area contributed by atoms with Crippen molar-refractivity contribution in [2.45, 2.75) is 96.1 Å². The molecule has 254 valence electrons. The van der Waals surface area contributed by atoms with E-state index >= 15 is 0 Å². The van der Waals surface area contributed by atoms with Crippen LogP contribution in [0.3, 0.4) is 0 Å². The molecule has 10 nitrogen and oxygen atoms in total. The number of amides is 4. The van der Waals surface area contributed by atoms with Gasteiger partial charge in [0.15, 0.2) is 0 Å². The van der Waals surface area contributed by atoms with Gasteiger partial charge in [-0.25, -0.2) is 4.79 Å². The van der Waals surface area contributed by atoms with E-state index in [4.69, 9.17) is 10.5 Å². The minimum Gasteiger partial charge on any atom is -0.444 e. The van der Waals surface area contributed by atoms with Crippen LogP contribution in [0.2, 0.25) is 0 Å². The van der Waals surface area contributed by atoms with Crippen molar-refractivity contribution in [1.82, 2.24) is 20.4 Å². The van der Waals surface area contributed by atoms with Gasteiger partial charge in [0.05, 0.1) is 6.04 Å². The van der Waals surface area contributed by atoms with Crippen LogP contribution in [0.25, 0.3) is 0 Å². The van der Waals surface area contributed by atoms with E-state index in [1.807, 2.05) is 48.5 Å². The van der Waals surface area contributed by atoms with E-state index in [9.17, 15) is 19.2 Å². The van der Waals surface area contributed by atoms with Gasteiger partial charge >= 0.3 is 6.09 Å². The fourth-order valence-corrected chi connectivity index (χ4v) is 6.41. The Morgan fingerprint density at radius 2 is 1.60 bits per heavy atom. The first-order valence-electron chi connectivity index (χ1n) is 16.7. The largest absolute Gasteiger partial charge is 0.444 e. The number of ether oxygens (including phenoxy) is 1. The fraction of sp³-hybridized carbons (Fsp3) is 0.421. The van der Waals surface area contributed by atoms with Crippen LogP contribution in [0.4, 0.5) is 10.5 Å². The number of nitrogens with zero attached hydrogens (tertiary/aromatic N) is 2. The average molecular weight is 654 g/mol. The number of fused-ring (bicyclic) bond motifs is 2. The van der Waals surface area contributed by atoms with Gasteiger partial charge in [0.2, 0.25) is 17.7 Å². The highest BCUT2D eigenvalue weighted by Gasteiger charge is 2.40. The molecule has 0 spiro atoms. The second-order valence-corrected chi connectivity index (χ2v) is 13.9. The van der Waals surface area contributed by atoms with Crippen LogP contribution in [-0.4, -0.2) is 64.4 Å². The number of carbonyl (C=O) groups excluding carboxylic acids is 4. The predicted octanol–water partition coefficient (Wildman–Crippen LogP) is 4.70. The second kappa shape index (κ2) is 14.5. The van der Waals surface area contributed by atoms with Gasteiger partial charge in [0, 0.05) is 32.1 Å². The maximum absolute atomic E-state index is 14.6. The first-order chi connectivity index (χ1) is 22.8. The molecule has 5 rings (SSSR count). The molecule has 0 radical (unpaired) electrons. The van der Waals surface area contributed by atoms with Crippen LogP contribution in [0.15, 0.2) is 72.8 Å². The van der Waals surface area contributed by atoms with Crippen LogP contribution < -0.4 is 16.4 Å². The lowest BCUT2D eigenvalue weighted by atomic mass is 9.87.